The summed E-state index contributed by atoms with van der Waals surface area (Å²) in [7, 11) is 0. The Kier molecular flexibility index (Phi) is 5.17. The average Bonchev–Trinajstić information content (AvgIpc) is 3.19. The third-order valence-electron chi connectivity index (χ3n) is 5.35. The van der Waals surface area contributed by atoms with Crippen molar-refractivity contribution in [2.24, 2.45) is 5.92 Å². The highest BCUT2D eigenvalue weighted by molar-refractivity contribution is 8.24. The van der Waals surface area contributed by atoms with Crippen LogP contribution in [0.4, 0.5) is 0 Å². The average molecular weight is 378 g/mol. The molecule has 4 nitrogen and oxygen atoms in total. The van der Waals surface area contributed by atoms with Crippen LogP contribution >= 0.6 is 24.0 Å². The fourth-order valence-electron chi connectivity index (χ4n) is 3.90. The highest BCUT2D eigenvalue weighted by Crippen LogP contribution is 2.36. The summed E-state index contributed by atoms with van der Waals surface area (Å²) in [6.07, 6.45) is 8.43. The largest absolute Gasteiger partial charge is 0.454 e. The van der Waals surface area contributed by atoms with Crippen LogP contribution in [0.2, 0.25) is 0 Å². The van der Waals surface area contributed by atoms with Crippen molar-refractivity contribution in [1.82, 2.24) is 4.90 Å². The minimum absolute atomic E-state index is 0.112. The van der Waals surface area contributed by atoms with Gasteiger partial charge in [0.2, 0.25) is 12.7 Å². The van der Waals surface area contributed by atoms with Gasteiger partial charge in [0.05, 0.1) is 5.25 Å². The standard InChI is InChI=1S/C19H23NO3S2/c21-18-17(11-14-6-7-15-16(10-14)23-12-22-15)25-19(24)20(18)9-8-13-4-2-1-3-5-13/h6-7,10,13,17H,1-5,8-9,11-12H2/t17-/m1/s1. The molecule has 1 saturated heterocycles. The number of thioether (sulfide) groups is 1. The molecule has 134 valence electrons. The van der Waals surface area contributed by atoms with Crippen molar-refractivity contribution in [1.29, 1.82) is 0 Å². The number of nitrogens with zero attached hydrogens (tertiary/aromatic N) is 1. The molecule has 3 aliphatic rings. The van der Waals surface area contributed by atoms with E-state index in [0.29, 0.717) is 6.42 Å². The van der Waals surface area contributed by atoms with Gasteiger partial charge in [0.15, 0.2) is 11.5 Å². The number of benzene rings is 1. The van der Waals surface area contributed by atoms with Crippen LogP contribution in [0.25, 0.3) is 0 Å². The molecule has 0 N–H and O–H groups in total. The lowest BCUT2D eigenvalue weighted by Crippen LogP contribution is -2.34. The van der Waals surface area contributed by atoms with E-state index in [-0.39, 0.29) is 18.0 Å². The first kappa shape index (κ1) is 17.2. The quantitative estimate of drug-likeness (QED) is 0.721. The van der Waals surface area contributed by atoms with E-state index in [9.17, 15) is 4.79 Å². The normalized spacial score (nSPS) is 23.5. The summed E-state index contributed by atoms with van der Waals surface area (Å²) in [5.74, 6) is 2.48. The maximum atomic E-state index is 12.8. The van der Waals surface area contributed by atoms with E-state index in [1.54, 1.807) is 0 Å². The summed E-state index contributed by atoms with van der Waals surface area (Å²) in [6.45, 7) is 1.06. The van der Waals surface area contributed by atoms with Crippen molar-refractivity contribution in [2.75, 3.05) is 13.3 Å². The number of hydrogen-bond acceptors (Lipinski definition) is 5. The zero-order valence-electron chi connectivity index (χ0n) is 14.2. The predicted octanol–water partition coefficient (Wildman–Crippen LogP) is 4.16. The first-order chi connectivity index (χ1) is 12.2. The van der Waals surface area contributed by atoms with Gasteiger partial charge in [-0.1, -0.05) is 62.2 Å². The lowest BCUT2D eigenvalue weighted by atomic mass is 9.87. The van der Waals surface area contributed by atoms with Crippen LogP contribution in [-0.4, -0.2) is 33.7 Å². The number of carbonyl (C=O) groups is 1. The molecule has 1 aromatic carbocycles. The summed E-state index contributed by atoms with van der Waals surface area (Å²) in [5.41, 5.74) is 1.09. The molecule has 2 heterocycles. The summed E-state index contributed by atoms with van der Waals surface area (Å²) < 4.78 is 11.5. The maximum Gasteiger partial charge on any atom is 0.241 e. The monoisotopic (exact) mass is 377 g/mol. The molecule has 1 aromatic rings. The smallest absolute Gasteiger partial charge is 0.241 e. The number of hydrogen-bond donors (Lipinski definition) is 0. The molecule has 2 aliphatic heterocycles. The van der Waals surface area contributed by atoms with E-state index in [1.807, 2.05) is 23.1 Å². The second kappa shape index (κ2) is 7.54. The number of thiocarbonyl (C=S) groups is 1. The Morgan fingerprint density at radius 2 is 1.96 bits per heavy atom. The molecular formula is C19H23NO3S2. The van der Waals surface area contributed by atoms with E-state index in [1.165, 1.54) is 43.9 Å². The molecule has 0 aromatic heterocycles. The SMILES string of the molecule is O=C1[C@@H](Cc2ccc3c(c2)OCO3)SC(=S)N1CCC1CCCCC1. The van der Waals surface area contributed by atoms with Gasteiger partial charge in [0, 0.05) is 6.54 Å². The summed E-state index contributed by atoms with van der Waals surface area (Å²) >= 11 is 7.01. The van der Waals surface area contributed by atoms with Crippen LogP contribution in [0.15, 0.2) is 18.2 Å². The Balaban J connectivity index is 1.35. The van der Waals surface area contributed by atoms with Gasteiger partial charge >= 0.3 is 0 Å². The lowest BCUT2D eigenvalue weighted by Gasteiger charge is -2.24. The summed E-state index contributed by atoms with van der Waals surface area (Å²) in [4.78, 5) is 14.6. The van der Waals surface area contributed by atoms with E-state index in [4.69, 9.17) is 21.7 Å². The molecule has 0 radical (unpaired) electrons. The Labute approximate surface area is 158 Å². The zero-order valence-corrected chi connectivity index (χ0v) is 15.9. The second-order valence-electron chi connectivity index (χ2n) is 7.05. The Morgan fingerprint density at radius 1 is 1.16 bits per heavy atom. The van der Waals surface area contributed by atoms with Crippen molar-refractivity contribution in [3.63, 3.8) is 0 Å². The molecular weight excluding hydrogens is 354 g/mol. The Bertz CT molecular complexity index is 673. The molecule has 0 unspecified atom stereocenters. The molecule has 2 fully saturated rings. The zero-order chi connectivity index (χ0) is 17.2. The molecule has 1 saturated carbocycles. The van der Waals surface area contributed by atoms with Crippen LogP contribution < -0.4 is 9.47 Å². The Hall–Kier alpha value is -1.27. The minimum Gasteiger partial charge on any atom is -0.454 e. The molecule has 25 heavy (non-hydrogen) atoms. The number of fused-ring (bicyclic) bond motifs is 1. The molecule has 0 spiro atoms. The summed E-state index contributed by atoms with van der Waals surface area (Å²) in [6, 6.07) is 5.90. The van der Waals surface area contributed by atoms with E-state index >= 15 is 0 Å². The summed E-state index contributed by atoms with van der Waals surface area (Å²) in [5, 5.41) is -0.112. The fraction of sp³-hybridized carbons (Fsp3) is 0.579. The Morgan fingerprint density at radius 3 is 2.80 bits per heavy atom. The van der Waals surface area contributed by atoms with E-state index in [0.717, 1.165) is 40.3 Å². The third kappa shape index (κ3) is 3.80. The van der Waals surface area contributed by atoms with Crippen molar-refractivity contribution in [3.05, 3.63) is 23.8 Å². The third-order valence-corrected chi connectivity index (χ3v) is 6.93. The van der Waals surface area contributed by atoms with Gasteiger partial charge in [-0.25, -0.2) is 0 Å². The first-order valence-electron chi connectivity index (χ1n) is 9.11. The highest BCUT2D eigenvalue weighted by atomic mass is 32.2. The minimum atomic E-state index is -0.112. The van der Waals surface area contributed by atoms with Gasteiger partial charge in [-0.2, -0.15) is 0 Å². The first-order valence-corrected chi connectivity index (χ1v) is 10.4. The van der Waals surface area contributed by atoms with Gasteiger partial charge < -0.3 is 9.47 Å². The van der Waals surface area contributed by atoms with E-state index < -0.39 is 0 Å². The lowest BCUT2D eigenvalue weighted by molar-refractivity contribution is -0.126. The molecule has 1 atom stereocenters. The second-order valence-corrected chi connectivity index (χ2v) is 8.88. The van der Waals surface area contributed by atoms with Crippen LogP contribution in [0.5, 0.6) is 11.5 Å². The van der Waals surface area contributed by atoms with E-state index in [2.05, 4.69) is 0 Å². The van der Waals surface area contributed by atoms with Gasteiger partial charge in [-0.05, 0) is 36.5 Å². The van der Waals surface area contributed by atoms with Crippen LogP contribution in [0.3, 0.4) is 0 Å². The number of rotatable bonds is 5. The molecule has 1 aliphatic carbocycles. The van der Waals surface area contributed by atoms with Crippen molar-refractivity contribution in [2.45, 2.75) is 50.2 Å². The predicted molar refractivity (Wildman–Crippen MR) is 103 cm³/mol. The van der Waals surface area contributed by atoms with Gasteiger partial charge in [0.1, 0.15) is 4.32 Å². The number of carbonyl (C=O) groups excluding carboxylic acids is 1. The van der Waals surface area contributed by atoms with Crippen LogP contribution in [0, 0.1) is 5.92 Å². The van der Waals surface area contributed by atoms with Gasteiger partial charge in [-0.3, -0.25) is 9.69 Å². The fourth-order valence-corrected chi connectivity index (χ4v) is 5.48. The topological polar surface area (TPSA) is 38.8 Å². The highest BCUT2D eigenvalue weighted by Gasteiger charge is 2.37. The number of ether oxygens (including phenoxy) is 2. The van der Waals surface area contributed by atoms with Gasteiger partial charge in [-0.15, -0.1) is 0 Å². The number of amides is 1. The van der Waals surface area contributed by atoms with Crippen molar-refractivity contribution >= 4 is 34.2 Å². The molecule has 1 amide bonds. The van der Waals surface area contributed by atoms with Crippen LogP contribution in [-0.2, 0) is 11.2 Å². The van der Waals surface area contributed by atoms with Crippen molar-refractivity contribution < 1.29 is 14.3 Å². The molecule has 0 bridgehead atoms. The van der Waals surface area contributed by atoms with Gasteiger partial charge in [0.25, 0.3) is 0 Å². The molecule has 6 heteroatoms. The van der Waals surface area contributed by atoms with Crippen molar-refractivity contribution in [3.8, 4) is 11.5 Å². The maximum absolute atomic E-state index is 12.8. The van der Waals surface area contributed by atoms with Crippen LogP contribution in [0.1, 0.15) is 44.1 Å². The molecule has 4 rings (SSSR count).